The molecule has 4 aromatic rings. The van der Waals surface area contributed by atoms with Crippen LogP contribution in [0.25, 0.3) is 10.8 Å². The second-order valence-corrected chi connectivity index (χ2v) is 12.2. The first kappa shape index (κ1) is 30.5. The van der Waals surface area contributed by atoms with Crippen molar-refractivity contribution in [3.05, 3.63) is 114 Å². The molecule has 1 aliphatic heterocycles. The first-order chi connectivity index (χ1) is 21.2. The molecule has 1 fully saturated rings. The third-order valence-electron chi connectivity index (χ3n) is 7.56. The van der Waals surface area contributed by atoms with Gasteiger partial charge >= 0.3 is 6.03 Å². The van der Waals surface area contributed by atoms with Crippen molar-refractivity contribution >= 4 is 38.6 Å². The minimum atomic E-state index is -4.10. The second kappa shape index (κ2) is 13.6. The van der Waals surface area contributed by atoms with E-state index in [1.54, 1.807) is 46.2 Å². The molecule has 0 radical (unpaired) electrons. The Morgan fingerprint density at radius 1 is 0.818 bits per heavy atom. The number of carbonyl (C=O) groups excluding carboxylic acids is 2. The molecule has 1 atom stereocenters. The molecule has 4 aromatic carbocycles. The molecule has 0 aromatic heterocycles. The molecule has 1 heterocycles. The minimum absolute atomic E-state index is 0.0238. The van der Waals surface area contributed by atoms with Crippen LogP contribution in [0.3, 0.4) is 0 Å². The number of nitrogens with one attached hydrogen (secondary N) is 2. The van der Waals surface area contributed by atoms with Crippen LogP contribution < -0.4 is 15.8 Å². The normalized spacial score (nSPS) is 14.8. The smallest absolute Gasteiger partial charge is 0.317 e. The number of rotatable bonds is 9. The molecule has 1 aliphatic rings. The number of fused-ring (bicyclic) bond motifs is 1. The van der Waals surface area contributed by atoms with E-state index in [-0.39, 0.29) is 36.3 Å². The lowest BCUT2D eigenvalue weighted by atomic mass is 10.0. The van der Waals surface area contributed by atoms with Crippen LogP contribution in [0.4, 0.5) is 4.79 Å². The van der Waals surface area contributed by atoms with Gasteiger partial charge in [-0.15, -0.1) is 0 Å². The number of carbonyl (C=O) groups is 2. The van der Waals surface area contributed by atoms with E-state index in [2.05, 4.69) is 15.2 Å². The second-order valence-electron chi connectivity index (χ2n) is 10.5. The molecule has 0 aliphatic carbocycles. The molecule has 0 spiro atoms. The number of hydrogen-bond acceptors (Lipinski definition) is 6. The summed E-state index contributed by atoms with van der Waals surface area (Å²) in [6.45, 7) is 1.49. The Balaban J connectivity index is 1.32. The number of urea groups is 1. The number of oxime groups is 1. The zero-order valence-electron chi connectivity index (χ0n) is 24.0. The molecule has 0 saturated carbocycles. The van der Waals surface area contributed by atoms with Crippen molar-refractivity contribution in [3.63, 3.8) is 0 Å². The van der Waals surface area contributed by atoms with E-state index in [0.29, 0.717) is 30.8 Å². The molecule has 1 unspecified atom stereocenters. The summed E-state index contributed by atoms with van der Waals surface area (Å²) < 4.78 is 29.8. The Morgan fingerprint density at radius 3 is 2.20 bits per heavy atom. The lowest BCUT2D eigenvalue weighted by Gasteiger charge is -2.36. The van der Waals surface area contributed by atoms with Gasteiger partial charge in [-0.1, -0.05) is 84.0 Å². The Bertz CT molecular complexity index is 1770. The predicted molar refractivity (Wildman–Crippen MR) is 168 cm³/mol. The number of nitrogens with zero attached hydrogens (tertiary/aromatic N) is 3. The van der Waals surface area contributed by atoms with Crippen molar-refractivity contribution in [2.75, 3.05) is 26.2 Å². The zero-order valence-corrected chi connectivity index (χ0v) is 24.8. The quantitative estimate of drug-likeness (QED) is 0.0983. The van der Waals surface area contributed by atoms with Crippen molar-refractivity contribution in [3.8, 4) is 0 Å². The number of amides is 3. The maximum Gasteiger partial charge on any atom is 0.317 e. The van der Waals surface area contributed by atoms with Crippen molar-refractivity contribution in [1.29, 1.82) is 0 Å². The Morgan fingerprint density at radius 2 is 1.48 bits per heavy atom. The summed E-state index contributed by atoms with van der Waals surface area (Å²) >= 11 is 0. The monoisotopic (exact) mass is 614 g/mol. The topological polar surface area (TPSA) is 157 Å². The van der Waals surface area contributed by atoms with Gasteiger partial charge in [0.25, 0.3) is 0 Å². The number of nitrogens with two attached hydrogens (primary N) is 1. The highest BCUT2D eigenvalue weighted by atomic mass is 32.2. The van der Waals surface area contributed by atoms with Crippen LogP contribution in [0.15, 0.2) is 107 Å². The van der Waals surface area contributed by atoms with E-state index in [9.17, 15) is 18.0 Å². The van der Waals surface area contributed by atoms with E-state index in [1.807, 2.05) is 54.6 Å². The summed E-state index contributed by atoms with van der Waals surface area (Å²) in [6, 6.07) is 27.2. The van der Waals surface area contributed by atoms with Gasteiger partial charge in [0.15, 0.2) is 5.84 Å². The van der Waals surface area contributed by atoms with Crippen LogP contribution in [0.1, 0.15) is 16.7 Å². The van der Waals surface area contributed by atoms with Crippen molar-refractivity contribution in [2.24, 2.45) is 10.9 Å². The number of hydrogen-bond donors (Lipinski definition) is 4. The third kappa shape index (κ3) is 7.33. The molecule has 44 heavy (non-hydrogen) atoms. The third-order valence-corrected chi connectivity index (χ3v) is 9.03. The minimum Gasteiger partial charge on any atom is -0.409 e. The summed E-state index contributed by atoms with van der Waals surface area (Å²) in [5, 5.41) is 16.7. The SMILES string of the molecule is NC(=NO)c1cccc(CC(NS(=O)(=O)c2ccc3ccccc3c2)C(=O)N2CCN(C(=O)NCc3ccccc3)CC2)c1. The van der Waals surface area contributed by atoms with E-state index in [4.69, 9.17) is 10.9 Å². The van der Waals surface area contributed by atoms with Gasteiger partial charge in [0, 0.05) is 38.3 Å². The highest BCUT2D eigenvalue weighted by Gasteiger charge is 2.32. The van der Waals surface area contributed by atoms with Crippen LogP contribution in [-0.2, 0) is 27.8 Å². The van der Waals surface area contributed by atoms with Crippen molar-refractivity contribution in [2.45, 2.75) is 23.9 Å². The molecule has 12 heteroatoms. The highest BCUT2D eigenvalue weighted by Crippen LogP contribution is 2.20. The van der Waals surface area contributed by atoms with Gasteiger partial charge in [0.1, 0.15) is 6.04 Å². The summed E-state index contributed by atoms with van der Waals surface area (Å²) in [6.07, 6.45) is 0.0238. The van der Waals surface area contributed by atoms with Gasteiger partial charge in [0.2, 0.25) is 15.9 Å². The molecule has 3 amide bonds. The number of piperazine rings is 1. The average molecular weight is 615 g/mol. The molecule has 5 rings (SSSR count). The van der Waals surface area contributed by atoms with Crippen LogP contribution in [0, 0.1) is 0 Å². The maximum absolute atomic E-state index is 13.9. The Labute approximate surface area is 256 Å². The Kier molecular flexibility index (Phi) is 9.41. The molecule has 228 valence electrons. The fourth-order valence-electron chi connectivity index (χ4n) is 5.16. The summed E-state index contributed by atoms with van der Waals surface area (Å²) in [7, 11) is -4.10. The van der Waals surface area contributed by atoms with E-state index in [0.717, 1.165) is 16.3 Å². The van der Waals surface area contributed by atoms with E-state index >= 15 is 0 Å². The van der Waals surface area contributed by atoms with Crippen LogP contribution in [0.2, 0.25) is 0 Å². The van der Waals surface area contributed by atoms with Crippen LogP contribution >= 0.6 is 0 Å². The van der Waals surface area contributed by atoms with Gasteiger partial charge < -0.3 is 26.1 Å². The standard InChI is InChI=1S/C32H34N6O5S/c33-30(35-41)27-12-6-9-24(19-27)20-29(36-44(42,43)28-14-13-25-10-4-5-11-26(25)21-28)31(39)37-15-17-38(18-16-37)32(40)34-22-23-7-2-1-3-8-23/h1-14,19,21,29,36,41H,15-18,20,22H2,(H2,33,35)(H,34,40). The molecule has 11 nitrogen and oxygen atoms in total. The highest BCUT2D eigenvalue weighted by molar-refractivity contribution is 7.89. The van der Waals surface area contributed by atoms with E-state index in [1.165, 1.54) is 6.07 Å². The summed E-state index contributed by atoms with van der Waals surface area (Å²) in [4.78, 5) is 29.9. The number of amidine groups is 1. The van der Waals surface area contributed by atoms with E-state index < -0.39 is 22.0 Å². The van der Waals surface area contributed by atoms with Gasteiger partial charge in [-0.3, -0.25) is 4.79 Å². The van der Waals surface area contributed by atoms with Gasteiger partial charge in [-0.25, -0.2) is 13.2 Å². The van der Waals surface area contributed by atoms with Crippen molar-refractivity contribution < 1.29 is 23.2 Å². The van der Waals surface area contributed by atoms with Crippen LogP contribution in [0.5, 0.6) is 0 Å². The predicted octanol–water partition coefficient (Wildman–Crippen LogP) is 2.88. The first-order valence-electron chi connectivity index (χ1n) is 14.2. The lowest BCUT2D eigenvalue weighted by molar-refractivity contribution is -0.134. The first-order valence-corrected chi connectivity index (χ1v) is 15.7. The van der Waals surface area contributed by atoms with Crippen molar-refractivity contribution in [1.82, 2.24) is 19.8 Å². The number of benzene rings is 4. The average Bonchev–Trinajstić information content (AvgIpc) is 3.06. The van der Waals surface area contributed by atoms with Gasteiger partial charge in [-0.05, 0) is 46.5 Å². The molecule has 0 bridgehead atoms. The van der Waals surface area contributed by atoms with Gasteiger partial charge in [0.05, 0.1) is 4.90 Å². The molecule has 1 saturated heterocycles. The van der Waals surface area contributed by atoms with Gasteiger partial charge in [-0.2, -0.15) is 4.72 Å². The maximum atomic E-state index is 13.9. The Hall–Kier alpha value is -4.94. The molecular formula is C32H34N6O5S. The zero-order chi connectivity index (χ0) is 31.1. The largest absolute Gasteiger partial charge is 0.409 e. The lowest BCUT2D eigenvalue weighted by Crippen LogP contribution is -2.57. The molecular weight excluding hydrogens is 580 g/mol. The number of sulfonamides is 1. The fraction of sp³-hybridized carbons (Fsp3) is 0.219. The fourth-order valence-corrected chi connectivity index (χ4v) is 6.38. The molecule has 5 N–H and O–H groups in total. The summed E-state index contributed by atoms with van der Waals surface area (Å²) in [5.74, 6) is -0.513. The summed E-state index contributed by atoms with van der Waals surface area (Å²) in [5.41, 5.74) is 7.79. The van der Waals surface area contributed by atoms with Crippen LogP contribution in [-0.4, -0.2) is 73.4 Å².